The lowest BCUT2D eigenvalue weighted by atomic mass is 10.0. The maximum absolute atomic E-state index is 11.7. The first kappa shape index (κ1) is 15.2. The van der Waals surface area contributed by atoms with E-state index in [1.807, 2.05) is 32.0 Å². The van der Waals surface area contributed by atoms with Crippen LogP contribution in [-0.2, 0) is 9.84 Å². The van der Waals surface area contributed by atoms with Crippen molar-refractivity contribution < 1.29 is 8.42 Å². The smallest absolute Gasteiger partial charge is 0.152 e. The van der Waals surface area contributed by atoms with E-state index in [0.717, 1.165) is 16.3 Å². The zero-order valence-electron chi connectivity index (χ0n) is 11.6. The molecule has 0 amide bonds. The van der Waals surface area contributed by atoms with Gasteiger partial charge in [0.05, 0.1) is 22.8 Å². The van der Waals surface area contributed by atoms with Crippen molar-refractivity contribution in [1.82, 2.24) is 0 Å². The van der Waals surface area contributed by atoms with Crippen LogP contribution in [0.1, 0.15) is 25.8 Å². The standard InChI is InChI=1S/C14H18N2O2S2/c1-3-19-13-6-4-5-12(11(13)9-15)16-14(2)7-8-20(17,18)10-14/h4-6,16H,3,7-8,10H2,1-2H3. The van der Waals surface area contributed by atoms with Crippen LogP contribution >= 0.6 is 11.8 Å². The molecule has 1 aliphatic rings. The van der Waals surface area contributed by atoms with E-state index >= 15 is 0 Å². The van der Waals surface area contributed by atoms with Crippen LogP contribution in [0.3, 0.4) is 0 Å². The normalized spacial score (nSPS) is 24.2. The number of hydrogen-bond donors (Lipinski definition) is 1. The second kappa shape index (κ2) is 5.66. The minimum absolute atomic E-state index is 0.121. The molecule has 0 aromatic heterocycles. The zero-order chi connectivity index (χ0) is 14.8. The number of nitrogens with zero attached hydrogens (tertiary/aromatic N) is 1. The Morgan fingerprint density at radius 2 is 2.25 bits per heavy atom. The fourth-order valence-corrected chi connectivity index (χ4v) is 5.34. The van der Waals surface area contributed by atoms with Gasteiger partial charge in [0, 0.05) is 10.4 Å². The lowest BCUT2D eigenvalue weighted by Gasteiger charge is -2.26. The molecule has 6 heteroatoms. The van der Waals surface area contributed by atoms with Gasteiger partial charge in [0.25, 0.3) is 0 Å². The van der Waals surface area contributed by atoms with Crippen LogP contribution in [0, 0.1) is 11.3 Å². The summed E-state index contributed by atoms with van der Waals surface area (Å²) in [6.07, 6.45) is 0.575. The molecule has 1 aromatic rings. The van der Waals surface area contributed by atoms with Crippen molar-refractivity contribution in [2.45, 2.75) is 30.7 Å². The fraction of sp³-hybridized carbons (Fsp3) is 0.500. The average molecular weight is 310 g/mol. The van der Waals surface area contributed by atoms with Gasteiger partial charge >= 0.3 is 0 Å². The number of rotatable bonds is 4. The SMILES string of the molecule is CCSc1cccc(NC2(C)CCS(=O)(=O)C2)c1C#N. The molecule has 0 saturated carbocycles. The Balaban J connectivity index is 2.31. The molecule has 1 unspecified atom stereocenters. The van der Waals surface area contributed by atoms with Gasteiger partial charge in [0.15, 0.2) is 9.84 Å². The van der Waals surface area contributed by atoms with Crippen molar-refractivity contribution in [3.63, 3.8) is 0 Å². The molecule has 0 radical (unpaired) electrons. The molecule has 1 atom stereocenters. The van der Waals surface area contributed by atoms with E-state index in [1.165, 1.54) is 0 Å². The Morgan fingerprint density at radius 3 is 2.80 bits per heavy atom. The van der Waals surface area contributed by atoms with Gasteiger partial charge in [-0.1, -0.05) is 13.0 Å². The third-order valence-corrected chi connectivity index (χ3v) is 6.22. The summed E-state index contributed by atoms with van der Waals surface area (Å²) in [5, 5.41) is 12.6. The number of sulfone groups is 1. The Kier molecular flexibility index (Phi) is 4.31. The molecule has 1 heterocycles. The highest BCUT2D eigenvalue weighted by molar-refractivity contribution is 7.99. The highest BCUT2D eigenvalue weighted by atomic mass is 32.2. The molecule has 108 valence electrons. The third kappa shape index (κ3) is 3.28. The summed E-state index contributed by atoms with van der Waals surface area (Å²) in [5.74, 6) is 1.22. The van der Waals surface area contributed by atoms with Crippen molar-refractivity contribution in [2.75, 3.05) is 22.6 Å². The molecular formula is C14H18N2O2S2. The van der Waals surface area contributed by atoms with Crippen LogP contribution in [0.5, 0.6) is 0 Å². The van der Waals surface area contributed by atoms with Gasteiger partial charge in [0.1, 0.15) is 6.07 Å². The monoisotopic (exact) mass is 310 g/mol. The highest BCUT2D eigenvalue weighted by Crippen LogP contribution is 2.32. The van der Waals surface area contributed by atoms with Crippen molar-refractivity contribution in [1.29, 1.82) is 5.26 Å². The number of nitrogens with one attached hydrogen (secondary N) is 1. The molecule has 1 aromatic carbocycles. The maximum atomic E-state index is 11.7. The van der Waals surface area contributed by atoms with E-state index in [0.29, 0.717) is 12.0 Å². The Morgan fingerprint density at radius 1 is 1.50 bits per heavy atom. The second-order valence-corrected chi connectivity index (χ2v) is 8.74. The molecule has 1 aliphatic heterocycles. The second-order valence-electron chi connectivity index (χ2n) is 5.25. The molecule has 0 spiro atoms. The summed E-state index contributed by atoms with van der Waals surface area (Å²) >= 11 is 1.62. The maximum Gasteiger partial charge on any atom is 0.152 e. The largest absolute Gasteiger partial charge is 0.378 e. The van der Waals surface area contributed by atoms with Gasteiger partial charge in [-0.2, -0.15) is 5.26 Å². The summed E-state index contributed by atoms with van der Waals surface area (Å²) in [7, 11) is -2.96. The molecule has 1 fully saturated rings. The number of anilines is 1. The van der Waals surface area contributed by atoms with Crippen molar-refractivity contribution in [3.8, 4) is 6.07 Å². The topological polar surface area (TPSA) is 70.0 Å². The quantitative estimate of drug-likeness (QED) is 0.866. The molecular weight excluding hydrogens is 292 g/mol. The summed E-state index contributed by atoms with van der Waals surface area (Å²) in [6.45, 7) is 3.94. The van der Waals surface area contributed by atoms with Crippen molar-refractivity contribution in [2.24, 2.45) is 0 Å². The molecule has 1 saturated heterocycles. The van der Waals surface area contributed by atoms with Crippen LogP contribution in [-0.4, -0.2) is 31.2 Å². The van der Waals surface area contributed by atoms with Crippen LogP contribution in [0.2, 0.25) is 0 Å². The molecule has 2 rings (SSSR count). The van der Waals surface area contributed by atoms with Crippen LogP contribution in [0.25, 0.3) is 0 Å². The zero-order valence-corrected chi connectivity index (χ0v) is 13.3. The lowest BCUT2D eigenvalue weighted by molar-refractivity contribution is 0.574. The summed E-state index contributed by atoms with van der Waals surface area (Å²) < 4.78 is 23.3. The van der Waals surface area contributed by atoms with E-state index in [-0.39, 0.29) is 11.5 Å². The van der Waals surface area contributed by atoms with E-state index in [1.54, 1.807) is 11.8 Å². The lowest BCUT2D eigenvalue weighted by Crippen LogP contribution is -2.36. The van der Waals surface area contributed by atoms with Crippen LogP contribution < -0.4 is 5.32 Å². The summed E-state index contributed by atoms with van der Waals surface area (Å²) in [5.41, 5.74) is 0.843. The van der Waals surface area contributed by atoms with E-state index < -0.39 is 15.4 Å². The number of benzene rings is 1. The first-order valence-corrected chi connectivity index (χ1v) is 9.34. The first-order valence-electron chi connectivity index (χ1n) is 6.54. The van der Waals surface area contributed by atoms with Crippen LogP contribution in [0.15, 0.2) is 23.1 Å². The fourth-order valence-electron chi connectivity index (χ4n) is 2.46. The molecule has 0 bridgehead atoms. The molecule has 1 N–H and O–H groups in total. The summed E-state index contributed by atoms with van der Waals surface area (Å²) in [4.78, 5) is 0.935. The Hall–Kier alpha value is -1.19. The minimum Gasteiger partial charge on any atom is -0.378 e. The van der Waals surface area contributed by atoms with Gasteiger partial charge in [0.2, 0.25) is 0 Å². The minimum atomic E-state index is -2.96. The summed E-state index contributed by atoms with van der Waals surface area (Å²) in [6, 6.07) is 7.89. The van der Waals surface area contributed by atoms with Crippen molar-refractivity contribution in [3.05, 3.63) is 23.8 Å². The predicted molar refractivity (Wildman–Crippen MR) is 82.9 cm³/mol. The van der Waals surface area contributed by atoms with E-state index in [4.69, 9.17) is 0 Å². The predicted octanol–water partition coefficient (Wildman–Crippen LogP) is 2.66. The molecule has 20 heavy (non-hydrogen) atoms. The van der Waals surface area contributed by atoms with Crippen LogP contribution in [0.4, 0.5) is 5.69 Å². The number of hydrogen-bond acceptors (Lipinski definition) is 5. The van der Waals surface area contributed by atoms with Gasteiger partial charge in [-0.25, -0.2) is 8.42 Å². The van der Waals surface area contributed by atoms with E-state index in [9.17, 15) is 13.7 Å². The molecule has 4 nitrogen and oxygen atoms in total. The van der Waals surface area contributed by atoms with E-state index in [2.05, 4.69) is 11.4 Å². The van der Waals surface area contributed by atoms with Gasteiger partial charge in [-0.3, -0.25) is 0 Å². The highest BCUT2D eigenvalue weighted by Gasteiger charge is 2.38. The average Bonchev–Trinajstić information content (AvgIpc) is 2.64. The third-order valence-electron chi connectivity index (χ3n) is 3.38. The van der Waals surface area contributed by atoms with Gasteiger partial charge in [-0.05, 0) is 31.2 Å². The number of thioether (sulfide) groups is 1. The first-order chi connectivity index (χ1) is 9.39. The Labute approximate surface area is 124 Å². The van der Waals surface area contributed by atoms with Gasteiger partial charge in [-0.15, -0.1) is 11.8 Å². The van der Waals surface area contributed by atoms with Crippen molar-refractivity contribution >= 4 is 27.3 Å². The molecule has 0 aliphatic carbocycles. The van der Waals surface area contributed by atoms with Gasteiger partial charge < -0.3 is 5.32 Å². The number of nitriles is 1. The Bertz CT molecular complexity index is 650.